The summed E-state index contributed by atoms with van der Waals surface area (Å²) in [5.41, 5.74) is 1.01. The summed E-state index contributed by atoms with van der Waals surface area (Å²) in [4.78, 5) is 24.1. The lowest BCUT2D eigenvalue weighted by molar-refractivity contribution is 0.103. The van der Waals surface area contributed by atoms with E-state index in [0.29, 0.717) is 22.6 Å². The molecule has 0 fully saturated rings. The zero-order valence-electron chi connectivity index (χ0n) is 12.7. The number of allylic oxidation sites excluding steroid dienone is 2. The minimum Gasteiger partial charge on any atom is -0.465 e. The number of hydrogen-bond donors (Lipinski definition) is 0. The Hall–Kier alpha value is -3.40. The molecule has 0 unspecified atom stereocenters. The van der Waals surface area contributed by atoms with Crippen molar-refractivity contribution in [1.29, 1.82) is 0 Å². The molecule has 0 atom stereocenters. The minimum atomic E-state index is -0.156. The van der Waals surface area contributed by atoms with Crippen molar-refractivity contribution in [2.75, 3.05) is 0 Å². The standard InChI is InChI=1S/C20H14O4/c21-19(11-9-17-3-1-13-23-17)15-5-7-16(8-6-15)20(22)12-10-18-4-2-14-24-18/h1-14H/b11-9+,12-10+. The normalized spacial score (nSPS) is 11.3. The highest BCUT2D eigenvalue weighted by Gasteiger charge is 2.05. The van der Waals surface area contributed by atoms with Crippen molar-refractivity contribution in [3.63, 3.8) is 0 Å². The van der Waals surface area contributed by atoms with Crippen LogP contribution >= 0.6 is 0 Å². The van der Waals surface area contributed by atoms with Crippen LogP contribution in [-0.2, 0) is 0 Å². The number of rotatable bonds is 6. The summed E-state index contributed by atoms with van der Waals surface area (Å²) in [5, 5.41) is 0. The van der Waals surface area contributed by atoms with Gasteiger partial charge in [-0.05, 0) is 48.6 Å². The predicted octanol–water partition coefficient (Wildman–Crippen LogP) is 4.66. The second-order valence-corrected chi connectivity index (χ2v) is 5.00. The summed E-state index contributed by atoms with van der Waals surface area (Å²) >= 11 is 0. The van der Waals surface area contributed by atoms with E-state index < -0.39 is 0 Å². The Morgan fingerprint density at radius 1 is 0.667 bits per heavy atom. The fourth-order valence-corrected chi connectivity index (χ4v) is 2.08. The van der Waals surface area contributed by atoms with Gasteiger partial charge in [0.15, 0.2) is 11.6 Å². The fourth-order valence-electron chi connectivity index (χ4n) is 2.08. The van der Waals surface area contributed by atoms with Crippen molar-refractivity contribution >= 4 is 23.7 Å². The molecule has 0 aliphatic rings. The van der Waals surface area contributed by atoms with Gasteiger partial charge in [0.25, 0.3) is 0 Å². The Balaban J connectivity index is 1.66. The van der Waals surface area contributed by atoms with Gasteiger partial charge in [0, 0.05) is 11.1 Å². The van der Waals surface area contributed by atoms with E-state index in [1.54, 1.807) is 73.2 Å². The summed E-state index contributed by atoms with van der Waals surface area (Å²) in [6, 6.07) is 13.5. The van der Waals surface area contributed by atoms with E-state index in [-0.39, 0.29) is 11.6 Å². The zero-order chi connectivity index (χ0) is 16.8. The molecule has 0 amide bonds. The van der Waals surface area contributed by atoms with E-state index in [4.69, 9.17) is 8.83 Å². The summed E-state index contributed by atoms with van der Waals surface area (Å²) < 4.78 is 10.3. The van der Waals surface area contributed by atoms with E-state index in [2.05, 4.69) is 0 Å². The monoisotopic (exact) mass is 318 g/mol. The molecule has 118 valence electrons. The molecule has 0 N–H and O–H groups in total. The number of carbonyl (C=O) groups is 2. The number of hydrogen-bond acceptors (Lipinski definition) is 4. The van der Waals surface area contributed by atoms with Crippen LogP contribution in [0, 0.1) is 0 Å². The van der Waals surface area contributed by atoms with Crippen molar-refractivity contribution in [2.24, 2.45) is 0 Å². The maximum absolute atomic E-state index is 12.1. The highest BCUT2D eigenvalue weighted by molar-refractivity contribution is 6.09. The molecular weight excluding hydrogens is 304 g/mol. The predicted molar refractivity (Wildman–Crippen MR) is 90.6 cm³/mol. The first kappa shape index (κ1) is 15.5. The third kappa shape index (κ3) is 3.87. The summed E-state index contributed by atoms with van der Waals surface area (Å²) in [6.45, 7) is 0. The zero-order valence-corrected chi connectivity index (χ0v) is 12.7. The van der Waals surface area contributed by atoms with Crippen molar-refractivity contribution in [2.45, 2.75) is 0 Å². The fraction of sp³-hybridized carbons (Fsp3) is 0. The molecule has 24 heavy (non-hydrogen) atoms. The van der Waals surface area contributed by atoms with Crippen molar-refractivity contribution in [1.82, 2.24) is 0 Å². The molecule has 3 rings (SSSR count). The molecule has 0 aliphatic heterocycles. The van der Waals surface area contributed by atoms with Crippen LogP contribution < -0.4 is 0 Å². The van der Waals surface area contributed by atoms with Crippen LogP contribution in [0.2, 0.25) is 0 Å². The van der Waals surface area contributed by atoms with Gasteiger partial charge in [0.1, 0.15) is 11.5 Å². The quantitative estimate of drug-likeness (QED) is 0.489. The second-order valence-electron chi connectivity index (χ2n) is 5.00. The Labute approximate surface area is 138 Å². The van der Waals surface area contributed by atoms with Crippen LogP contribution in [0.3, 0.4) is 0 Å². The average Bonchev–Trinajstić information content (AvgIpc) is 3.31. The maximum Gasteiger partial charge on any atom is 0.185 e. The van der Waals surface area contributed by atoms with E-state index in [1.807, 2.05) is 0 Å². The third-order valence-electron chi connectivity index (χ3n) is 3.34. The first-order chi connectivity index (χ1) is 11.7. The molecule has 4 heteroatoms. The Morgan fingerprint density at radius 3 is 1.42 bits per heavy atom. The number of benzene rings is 1. The van der Waals surface area contributed by atoms with Crippen LogP contribution in [0.5, 0.6) is 0 Å². The van der Waals surface area contributed by atoms with Crippen LogP contribution in [-0.4, -0.2) is 11.6 Å². The molecule has 0 radical (unpaired) electrons. The van der Waals surface area contributed by atoms with E-state index in [9.17, 15) is 9.59 Å². The molecule has 0 saturated heterocycles. The molecule has 0 bridgehead atoms. The summed E-state index contributed by atoms with van der Waals surface area (Å²) in [6.07, 6.45) is 9.17. The Bertz CT molecular complexity index is 789. The molecule has 2 heterocycles. The largest absolute Gasteiger partial charge is 0.465 e. The van der Waals surface area contributed by atoms with Crippen LogP contribution in [0.15, 0.2) is 82.0 Å². The first-order valence-electron chi connectivity index (χ1n) is 7.34. The maximum atomic E-state index is 12.1. The van der Waals surface area contributed by atoms with Gasteiger partial charge in [-0.3, -0.25) is 9.59 Å². The first-order valence-corrected chi connectivity index (χ1v) is 7.34. The SMILES string of the molecule is O=C(/C=C/c1ccco1)c1ccc(C(=O)/C=C/c2ccco2)cc1. The van der Waals surface area contributed by atoms with E-state index in [1.165, 1.54) is 12.2 Å². The highest BCUT2D eigenvalue weighted by Crippen LogP contribution is 2.10. The van der Waals surface area contributed by atoms with E-state index in [0.717, 1.165) is 0 Å². The molecule has 2 aromatic heterocycles. The third-order valence-corrected chi connectivity index (χ3v) is 3.34. The minimum absolute atomic E-state index is 0.156. The van der Waals surface area contributed by atoms with E-state index >= 15 is 0 Å². The molecule has 0 saturated carbocycles. The lowest BCUT2D eigenvalue weighted by Gasteiger charge is -1.98. The van der Waals surface area contributed by atoms with Gasteiger partial charge >= 0.3 is 0 Å². The van der Waals surface area contributed by atoms with Crippen LogP contribution in [0.1, 0.15) is 32.2 Å². The van der Waals surface area contributed by atoms with Gasteiger partial charge < -0.3 is 8.83 Å². The molecule has 0 spiro atoms. The van der Waals surface area contributed by atoms with Gasteiger partial charge in [-0.2, -0.15) is 0 Å². The number of carbonyl (C=O) groups excluding carboxylic acids is 2. The number of furan rings is 2. The number of ketones is 2. The molecular formula is C20H14O4. The Morgan fingerprint density at radius 2 is 1.08 bits per heavy atom. The molecule has 4 nitrogen and oxygen atoms in total. The van der Waals surface area contributed by atoms with Gasteiger partial charge in [-0.25, -0.2) is 0 Å². The second kappa shape index (κ2) is 7.24. The van der Waals surface area contributed by atoms with Crippen LogP contribution in [0.25, 0.3) is 12.2 Å². The molecule has 0 aliphatic carbocycles. The van der Waals surface area contributed by atoms with Gasteiger partial charge in [-0.1, -0.05) is 24.3 Å². The average molecular weight is 318 g/mol. The van der Waals surface area contributed by atoms with Crippen molar-refractivity contribution < 1.29 is 18.4 Å². The highest BCUT2D eigenvalue weighted by atomic mass is 16.3. The van der Waals surface area contributed by atoms with Crippen LogP contribution in [0.4, 0.5) is 0 Å². The lowest BCUT2D eigenvalue weighted by atomic mass is 10.0. The van der Waals surface area contributed by atoms with Gasteiger partial charge in [-0.15, -0.1) is 0 Å². The molecule has 1 aromatic carbocycles. The van der Waals surface area contributed by atoms with Gasteiger partial charge in [0.2, 0.25) is 0 Å². The smallest absolute Gasteiger partial charge is 0.185 e. The molecule has 3 aromatic rings. The van der Waals surface area contributed by atoms with Crippen molar-refractivity contribution in [3.8, 4) is 0 Å². The Kier molecular flexibility index (Phi) is 4.68. The topological polar surface area (TPSA) is 60.4 Å². The lowest BCUT2D eigenvalue weighted by Crippen LogP contribution is -1.98. The van der Waals surface area contributed by atoms with Gasteiger partial charge in [0.05, 0.1) is 12.5 Å². The van der Waals surface area contributed by atoms with Crippen molar-refractivity contribution in [3.05, 3.63) is 95.9 Å². The summed E-state index contributed by atoms with van der Waals surface area (Å²) in [7, 11) is 0. The summed E-state index contributed by atoms with van der Waals surface area (Å²) in [5.74, 6) is 0.907.